The summed E-state index contributed by atoms with van der Waals surface area (Å²) in [6, 6.07) is 13.8. The van der Waals surface area contributed by atoms with Crippen LogP contribution in [0.5, 0.6) is 5.88 Å². The highest BCUT2D eigenvalue weighted by Crippen LogP contribution is 2.17. The van der Waals surface area contributed by atoms with Crippen LogP contribution in [0.1, 0.15) is 38.8 Å². The Morgan fingerprint density at radius 3 is 2.48 bits per heavy atom. The van der Waals surface area contributed by atoms with E-state index < -0.39 is 11.7 Å². The van der Waals surface area contributed by atoms with Crippen LogP contribution in [0.4, 0.5) is 4.79 Å². The van der Waals surface area contributed by atoms with Gasteiger partial charge in [-0.15, -0.1) is 0 Å². The van der Waals surface area contributed by atoms with Crippen LogP contribution in [0.25, 0.3) is 0 Å². The van der Waals surface area contributed by atoms with E-state index in [1.54, 1.807) is 6.20 Å². The quantitative estimate of drug-likeness (QED) is 0.323. The largest absolute Gasteiger partial charge is 0.473 e. The van der Waals surface area contributed by atoms with Crippen molar-refractivity contribution in [3.63, 3.8) is 0 Å². The normalized spacial score (nSPS) is 11.5. The fraction of sp³-hybridized carbons (Fsp3) is 0.435. The molecule has 2 rings (SSSR count). The van der Waals surface area contributed by atoms with Gasteiger partial charge in [0, 0.05) is 31.4 Å². The van der Waals surface area contributed by atoms with Crippen LogP contribution in [0.3, 0.4) is 0 Å². The molecule has 1 aromatic carbocycles. The van der Waals surface area contributed by atoms with Crippen molar-refractivity contribution in [1.29, 1.82) is 0 Å². The minimum Gasteiger partial charge on any atom is -0.473 e. The van der Waals surface area contributed by atoms with Crippen molar-refractivity contribution in [3.8, 4) is 5.88 Å². The third-order valence-corrected chi connectivity index (χ3v) is 3.91. The number of benzene rings is 1. The lowest BCUT2D eigenvalue weighted by Gasteiger charge is -2.20. The average Bonchev–Trinajstić information content (AvgIpc) is 2.73. The molecule has 0 saturated carbocycles. The van der Waals surface area contributed by atoms with Gasteiger partial charge in [-0.2, -0.15) is 0 Å². The SMILES string of the molecule is CCNC(=NCc1cccnc1OCc1ccccc1)NCCNC(=O)OC(C)(C)C. The lowest BCUT2D eigenvalue weighted by atomic mass is 10.2. The van der Waals surface area contributed by atoms with Crippen molar-refractivity contribution in [2.75, 3.05) is 19.6 Å². The van der Waals surface area contributed by atoms with Gasteiger partial charge in [-0.1, -0.05) is 36.4 Å². The Kier molecular flexibility index (Phi) is 9.61. The van der Waals surface area contributed by atoms with E-state index in [1.807, 2.05) is 70.2 Å². The highest BCUT2D eigenvalue weighted by molar-refractivity contribution is 5.79. The Morgan fingerprint density at radius 2 is 1.77 bits per heavy atom. The minimum atomic E-state index is -0.516. The molecule has 8 heteroatoms. The fourth-order valence-electron chi connectivity index (χ4n) is 2.57. The second-order valence-electron chi connectivity index (χ2n) is 7.79. The molecule has 3 N–H and O–H groups in total. The van der Waals surface area contributed by atoms with Crippen LogP contribution in [-0.4, -0.2) is 42.3 Å². The molecule has 0 unspecified atom stereocenters. The molecule has 1 amide bonds. The molecular weight excluding hydrogens is 394 g/mol. The highest BCUT2D eigenvalue weighted by Gasteiger charge is 2.15. The average molecular weight is 428 g/mol. The standard InChI is InChI=1S/C23H33N5O3/c1-5-24-21(26-14-15-27-22(29)31-23(2,3)4)28-16-19-12-9-13-25-20(19)30-17-18-10-7-6-8-11-18/h6-13H,5,14-17H2,1-4H3,(H,27,29)(H2,24,26,28). The summed E-state index contributed by atoms with van der Waals surface area (Å²) in [5.74, 6) is 1.21. The number of alkyl carbamates (subject to hydrolysis) is 1. The molecular formula is C23H33N5O3. The van der Waals surface area contributed by atoms with Crippen molar-refractivity contribution in [1.82, 2.24) is 20.9 Å². The molecule has 0 aliphatic heterocycles. The smallest absolute Gasteiger partial charge is 0.407 e. The number of guanidine groups is 1. The van der Waals surface area contributed by atoms with Gasteiger partial charge in [0.15, 0.2) is 5.96 Å². The van der Waals surface area contributed by atoms with Gasteiger partial charge in [0.1, 0.15) is 12.2 Å². The number of hydrogen-bond acceptors (Lipinski definition) is 5. The number of aromatic nitrogens is 1. The number of ether oxygens (including phenoxy) is 2. The van der Waals surface area contributed by atoms with Crippen LogP contribution >= 0.6 is 0 Å². The molecule has 0 aliphatic rings. The maximum absolute atomic E-state index is 11.7. The van der Waals surface area contributed by atoms with Crippen LogP contribution in [0.15, 0.2) is 53.7 Å². The maximum Gasteiger partial charge on any atom is 0.407 e. The Labute approximate surface area is 184 Å². The van der Waals surface area contributed by atoms with E-state index in [2.05, 4.69) is 25.9 Å². The molecule has 0 atom stereocenters. The van der Waals surface area contributed by atoms with Crippen LogP contribution < -0.4 is 20.7 Å². The predicted octanol–water partition coefficient (Wildman–Crippen LogP) is 3.24. The van der Waals surface area contributed by atoms with Crippen molar-refractivity contribution >= 4 is 12.1 Å². The first-order chi connectivity index (χ1) is 14.9. The van der Waals surface area contributed by atoms with E-state index in [9.17, 15) is 4.79 Å². The van der Waals surface area contributed by atoms with E-state index in [0.29, 0.717) is 38.1 Å². The highest BCUT2D eigenvalue weighted by atomic mass is 16.6. The van der Waals surface area contributed by atoms with Gasteiger partial charge >= 0.3 is 6.09 Å². The third-order valence-electron chi connectivity index (χ3n) is 3.91. The van der Waals surface area contributed by atoms with Gasteiger partial charge in [0.2, 0.25) is 5.88 Å². The lowest BCUT2D eigenvalue weighted by Crippen LogP contribution is -2.42. The summed E-state index contributed by atoms with van der Waals surface area (Å²) in [5.41, 5.74) is 1.45. The first-order valence-corrected chi connectivity index (χ1v) is 10.5. The molecule has 168 valence electrons. The summed E-state index contributed by atoms with van der Waals surface area (Å²) in [5, 5.41) is 9.10. The van der Waals surface area contributed by atoms with E-state index in [4.69, 9.17) is 9.47 Å². The number of nitrogens with zero attached hydrogens (tertiary/aromatic N) is 2. The molecule has 1 aromatic heterocycles. The van der Waals surface area contributed by atoms with Crippen molar-refractivity contribution in [2.45, 2.75) is 46.4 Å². The zero-order valence-electron chi connectivity index (χ0n) is 18.8. The maximum atomic E-state index is 11.7. The molecule has 1 heterocycles. The van der Waals surface area contributed by atoms with Crippen LogP contribution in [-0.2, 0) is 17.9 Å². The number of amides is 1. The predicted molar refractivity (Wildman–Crippen MR) is 122 cm³/mol. The van der Waals surface area contributed by atoms with Gasteiger partial charge in [-0.25, -0.2) is 14.8 Å². The second-order valence-corrected chi connectivity index (χ2v) is 7.79. The Hall–Kier alpha value is -3.29. The molecule has 0 spiro atoms. The van der Waals surface area contributed by atoms with E-state index in [0.717, 1.165) is 17.7 Å². The monoisotopic (exact) mass is 427 g/mol. The molecule has 0 saturated heterocycles. The molecule has 8 nitrogen and oxygen atoms in total. The van der Waals surface area contributed by atoms with Gasteiger partial charge in [-0.05, 0) is 39.3 Å². The number of rotatable bonds is 9. The van der Waals surface area contributed by atoms with Gasteiger partial charge in [0.25, 0.3) is 0 Å². The third kappa shape index (κ3) is 9.84. The van der Waals surface area contributed by atoms with Crippen LogP contribution in [0.2, 0.25) is 0 Å². The Balaban J connectivity index is 1.87. The number of carbonyl (C=O) groups is 1. The summed E-state index contributed by atoms with van der Waals surface area (Å²) in [7, 11) is 0. The molecule has 0 bridgehead atoms. The van der Waals surface area contributed by atoms with E-state index in [-0.39, 0.29) is 0 Å². The number of aliphatic imine (C=N–C) groups is 1. The van der Waals surface area contributed by atoms with E-state index >= 15 is 0 Å². The van der Waals surface area contributed by atoms with Crippen molar-refractivity contribution in [2.24, 2.45) is 4.99 Å². The summed E-state index contributed by atoms with van der Waals surface area (Å²) < 4.78 is 11.1. The lowest BCUT2D eigenvalue weighted by molar-refractivity contribution is 0.0529. The van der Waals surface area contributed by atoms with E-state index in [1.165, 1.54) is 0 Å². The molecule has 0 aliphatic carbocycles. The summed E-state index contributed by atoms with van der Waals surface area (Å²) in [4.78, 5) is 20.7. The topological polar surface area (TPSA) is 96.9 Å². The molecule has 31 heavy (non-hydrogen) atoms. The molecule has 0 radical (unpaired) electrons. The number of nitrogens with one attached hydrogen (secondary N) is 3. The Bertz CT molecular complexity index is 835. The summed E-state index contributed by atoms with van der Waals surface area (Å²) in [6.45, 7) is 9.98. The Morgan fingerprint density at radius 1 is 1.03 bits per heavy atom. The van der Waals surface area contributed by atoms with Gasteiger partial charge in [-0.3, -0.25) is 0 Å². The second kappa shape index (κ2) is 12.4. The zero-order chi connectivity index (χ0) is 22.5. The van der Waals surface area contributed by atoms with Crippen molar-refractivity contribution in [3.05, 3.63) is 59.8 Å². The fourth-order valence-corrected chi connectivity index (χ4v) is 2.57. The number of carbonyl (C=O) groups excluding carboxylic acids is 1. The molecule has 0 fully saturated rings. The van der Waals surface area contributed by atoms with Gasteiger partial charge in [0.05, 0.1) is 6.54 Å². The van der Waals surface area contributed by atoms with Gasteiger partial charge < -0.3 is 25.4 Å². The summed E-state index contributed by atoms with van der Waals surface area (Å²) in [6.07, 6.45) is 1.27. The first-order valence-electron chi connectivity index (χ1n) is 10.5. The first kappa shape index (κ1) is 24.0. The zero-order valence-corrected chi connectivity index (χ0v) is 18.8. The number of hydrogen-bond donors (Lipinski definition) is 3. The molecule has 2 aromatic rings. The number of pyridine rings is 1. The summed E-state index contributed by atoms with van der Waals surface area (Å²) >= 11 is 0. The minimum absolute atomic E-state index is 0.410. The van der Waals surface area contributed by atoms with Crippen LogP contribution in [0, 0.1) is 0 Å². The van der Waals surface area contributed by atoms with Crippen molar-refractivity contribution < 1.29 is 14.3 Å².